The van der Waals surface area contributed by atoms with Crippen LogP contribution in [0.3, 0.4) is 0 Å². The van der Waals surface area contributed by atoms with Gasteiger partial charge in [0, 0.05) is 0 Å². The molecule has 0 aromatic carbocycles. The molecule has 19 heavy (non-hydrogen) atoms. The van der Waals surface area contributed by atoms with E-state index in [4.69, 9.17) is 4.42 Å². The van der Waals surface area contributed by atoms with E-state index >= 15 is 0 Å². The number of sulfonamides is 1. The molecule has 1 rings (SSSR count). The first kappa shape index (κ1) is 15.7. The molecule has 0 aliphatic rings. The molecule has 2 N–H and O–H groups in total. The number of carbonyl (C=O) groups is 1. The fraction of sp³-hybridized carbons (Fsp3) is 0.583. The maximum atomic E-state index is 11.7. The number of carbonyl (C=O) groups excluding carboxylic acids is 1. The molecule has 1 atom stereocenters. The molecule has 0 radical (unpaired) electrons. The smallest absolute Gasteiger partial charge is 0.238 e. The summed E-state index contributed by atoms with van der Waals surface area (Å²) in [5.41, 5.74) is 0. The van der Waals surface area contributed by atoms with Gasteiger partial charge >= 0.3 is 0 Å². The van der Waals surface area contributed by atoms with Gasteiger partial charge in [0.15, 0.2) is 0 Å². The highest BCUT2D eigenvalue weighted by Crippen LogP contribution is 2.00. The van der Waals surface area contributed by atoms with Crippen LogP contribution in [0, 0.1) is 0 Å². The van der Waals surface area contributed by atoms with Crippen LogP contribution in [0.25, 0.3) is 0 Å². The average Bonchev–Trinajstić information content (AvgIpc) is 2.86. The van der Waals surface area contributed by atoms with Crippen molar-refractivity contribution in [1.82, 2.24) is 10.0 Å². The highest BCUT2D eigenvalue weighted by atomic mass is 32.2. The number of rotatable bonds is 8. The molecule has 0 bridgehead atoms. The number of nitrogens with one attached hydrogen (secondary N) is 2. The first-order chi connectivity index (χ1) is 8.94. The van der Waals surface area contributed by atoms with Gasteiger partial charge in [0.05, 0.1) is 24.6 Å². The van der Waals surface area contributed by atoms with Gasteiger partial charge in [0.2, 0.25) is 15.9 Å². The van der Waals surface area contributed by atoms with E-state index in [2.05, 4.69) is 10.0 Å². The zero-order valence-electron chi connectivity index (χ0n) is 11.2. The van der Waals surface area contributed by atoms with Crippen molar-refractivity contribution in [3.63, 3.8) is 0 Å². The summed E-state index contributed by atoms with van der Waals surface area (Å²) in [6, 6.07) is 2.66. The molecule has 1 aromatic heterocycles. The standard InChI is InChI=1S/C12H20N2O4S/c1-3-4-8-19(16,17)14-10(2)12(15)13-9-11-6-5-7-18-11/h5-7,10,14H,3-4,8-9H2,1-2H3,(H,13,15)/t10-/m0/s1. The van der Waals surface area contributed by atoms with E-state index in [1.807, 2.05) is 6.92 Å². The Balaban J connectivity index is 2.39. The average molecular weight is 288 g/mol. The van der Waals surface area contributed by atoms with Gasteiger partial charge in [-0.15, -0.1) is 0 Å². The fourth-order valence-electron chi connectivity index (χ4n) is 1.46. The van der Waals surface area contributed by atoms with Gasteiger partial charge in [-0.25, -0.2) is 13.1 Å². The van der Waals surface area contributed by atoms with Crippen LogP contribution in [-0.2, 0) is 21.4 Å². The second kappa shape index (κ2) is 7.30. The lowest BCUT2D eigenvalue weighted by molar-refractivity contribution is -0.122. The van der Waals surface area contributed by atoms with E-state index in [-0.39, 0.29) is 18.2 Å². The Hall–Kier alpha value is -1.34. The first-order valence-electron chi connectivity index (χ1n) is 6.24. The van der Waals surface area contributed by atoms with Crippen LogP contribution in [-0.4, -0.2) is 26.1 Å². The molecule has 7 heteroatoms. The third kappa shape index (κ3) is 5.89. The molecule has 108 valence electrons. The summed E-state index contributed by atoms with van der Waals surface area (Å²) in [5.74, 6) is 0.283. The molecular formula is C12H20N2O4S. The van der Waals surface area contributed by atoms with Crippen LogP contribution in [0.5, 0.6) is 0 Å². The highest BCUT2D eigenvalue weighted by molar-refractivity contribution is 7.89. The monoisotopic (exact) mass is 288 g/mol. The minimum absolute atomic E-state index is 0.0410. The molecular weight excluding hydrogens is 268 g/mol. The van der Waals surface area contributed by atoms with Crippen LogP contribution < -0.4 is 10.0 Å². The van der Waals surface area contributed by atoms with Gasteiger partial charge in [0.25, 0.3) is 0 Å². The number of hydrogen-bond acceptors (Lipinski definition) is 4. The summed E-state index contributed by atoms with van der Waals surface area (Å²) in [6.45, 7) is 3.67. The van der Waals surface area contributed by atoms with Gasteiger partial charge in [-0.3, -0.25) is 4.79 Å². The van der Waals surface area contributed by atoms with Gasteiger partial charge in [-0.1, -0.05) is 13.3 Å². The summed E-state index contributed by atoms with van der Waals surface area (Å²) in [4.78, 5) is 11.7. The number of hydrogen-bond donors (Lipinski definition) is 2. The highest BCUT2D eigenvalue weighted by Gasteiger charge is 2.19. The number of unbranched alkanes of at least 4 members (excludes halogenated alkanes) is 1. The van der Waals surface area contributed by atoms with E-state index in [1.54, 1.807) is 12.1 Å². The fourth-order valence-corrected chi connectivity index (χ4v) is 2.89. The zero-order chi connectivity index (χ0) is 14.3. The van der Waals surface area contributed by atoms with Gasteiger partial charge in [-0.2, -0.15) is 0 Å². The summed E-state index contributed by atoms with van der Waals surface area (Å²) < 4.78 is 30.7. The Bertz CT molecular complexity index is 482. The van der Waals surface area contributed by atoms with Gasteiger partial charge in [-0.05, 0) is 25.5 Å². The molecule has 1 amide bonds. The van der Waals surface area contributed by atoms with Crippen molar-refractivity contribution < 1.29 is 17.6 Å². The van der Waals surface area contributed by atoms with E-state index in [9.17, 15) is 13.2 Å². The third-order valence-corrected chi connectivity index (χ3v) is 4.07. The molecule has 6 nitrogen and oxygen atoms in total. The van der Waals surface area contributed by atoms with Gasteiger partial charge in [0.1, 0.15) is 5.76 Å². The molecule has 0 aliphatic carbocycles. The topological polar surface area (TPSA) is 88.4 Å². The Kier molecular flexibility index (Phi) is 6.04. The van der Waals surface area contributed by atoms with E-state index in [0.717, 1.165) is 6.42 Å². The van der Waals surface area contributed by atoms with Crippen molar-refractivity contribution in [2.75, 3.05) is 5.75 Å². The SMILES string of the molecule is CCCCS(=O)(=O)N[C@@H](C)C(=O)NCc1ccco1. The molecule has 0 aliphatic heterocycles. The van der Waals surface area contributed by atoms with Crippen molar-refractivity contribution in [2.24, 2.45) is 0 Å². The number of furan rings is 1. The van der Waals surface area contributed by atoms with E-state index in [1.165, 1.54) is 13.2 Å². The van der Waals surface area contributed by atoms with Crippen molar-refractivity contribution in [1.29, 1.82) is 0 Å². The second-order valence-electron chi connectivity index (χ2n) is 4.31. The van der Waals surface area contributed by atoms with Gasteiger partial charge < -0.3 is 9.73 Å². The van der Waals surface area contributed by atoms with Crippen molar-refractivity contribution in [3.8, 4) is 0 Å². The van der Waals surface area contributed by atoms with Crippen LogP contribution in [0.15, 0.2) is 22.8 Å². The van der Waals surface area contributed by atoms with Crippen LogP contribution in [0.2, 0.25) is 0 Å². The van der Waals surface area contributed by atoms with E-state index < -0.39 is 16.1 Å². The number of amides is 1. The minimum Gasteiger partial charge on any atom is -0.467 e. The molecule has 1 aromatic rings. The summed E-state index contributed by atoms with van der Waals surface area (Å²) >= 11 is 0. The summed E-state index contributed by atoms with van der Waals surface area (Å²) in [7, 11) is -3.39. The molecule has 1 heterocycles. The summed E-state index contributed by atoms with van der Waals surface area (Å²) in [6.07, 6.45) is 2.88. The maximum absolute atomic E-state index is 11.7. The molecule has 0 saturated heterocycles. The Morgan fingerprint density at radius 2 is 2.21 bits per heavy atom. The third-order valence-electron chi connectivity index (χ3n) is 2.53. The molecule has 0 saturated carbocycles. The lowest BCUT2D eigenvalue weighted by atomic mass is 10.3. The normalized spacial score (nSPS) is 13.2. The van der Waals surface area contributed by atoms with Crippen molar-refractivity contribution in [3.05, 3.63) is 24.2 Å². The Morgan fingerprint density at radius 3 is 2.79 bits per heavy atom. The second-order valence-corrected chi connectivity index (χ2v) is 6.18. The molecule has 0 spiro atoms. The van der Waals surface area contributed by atoms with Crippen LogP contribution in [0.1, 0.15) is 32.4 Å². The summed E-state index contributed by atoms with van der Waals surface area (Å²) in [5, 5.41) is 2.60. The van der Waals surface area contributed by atoms with Crippen LogP contribution >= 0.6 is 0 Å². The largest absolute Gasteiger partial charge is 0.467 e. The first-order valence-corrected chi connectivity index (χ1v) is 7.90. The lowest BCUT2D eigenvalue weighted by Crippen LogP contribution is -2.45. The molecule has 0 fully saturated rings. The van der Waals surface area contributed by atoms with Crippen molar-refractivity contribution in [2.45, 2.75) is 39.3 Å². The lowest BCUT2D eigenvalue weighted by Gasteiger charge is -2.13. The van der Waals surface area contributed by atoms with E-state index in [0.29, 0.717) is 12.2 Å². The van der Waals surface area contributed by atoms with Crippen LogP contribution in [0.4, 0.5) is 0 Å². The minimum atomic E-state index is -3.39. The maximum Gasteiger partial charge on any atom is 0.238 e. The molecule has 0 unspecified atom stereocenters. The predicted molar refractivity (Wildman–Crippen MR) is 71.8 cm³/mol. The Morgan fingerprint density at radius 1 is 1.47 bits per heavy atom. The Labute approximate surface area is 113 Å². The predicted octanol–water partition coefficient (Wildman–Crippen LogP) is 1.00. The zero-order valence-corrected chi connectivity index (χ0v) is 12.0. The van der Waals surface area contributed by atoms with Crippen molar-refractivity contribution >= 4 is 15.9 Å². The quantitative estimate of drug-likeness (QED) is 0.747.